The Morgan fingerprint density at radius 2 is 1.87 bits per heavy atom. The van der Waals surface area contributed by atoms with Crippen molar-refractivity contribution in [1.29, 1.82) is 0 Å². The van der Waals surface area contributed by atoms with E-state index in [4.69, 9.17) is 23.7 Å². The van der Waals surface area contributed by atoms with E-state index in [9.17, 15) is 9.59 Å². The van der Waals surface area contributed by atoms with Crippen molar-refractivity contribution in [1.82, 2.24) is 5.32 Å². The molecule has 1 N–H and O–H groups in total. The molecule has 1 heterocycles. The molecule has 160 valence electrons. The van der Waals surface area contributed by atoms with E-state index in [2.05, 4.69) is 5.32 Å². The summed E-state index contributed by atoms with van der Waals surface area (Å²) in [7, 11) is 3.17. The van der Waals surface area contributed by atoms with Crippen LogP contribution in [0.4, 0.5) is 4.79 Å². The molecule has 1 aliphatic rings. The number of alkyl carbamates (subject to hydrolysis) is 1. The van der Waals surface area contributed by atoms with Crippen LogP contribution in [-0.4, -0.2) is 45.5 Å². The number of ether oxygens (including phenoxy) is 5. The summed E-state index contributed by atoms with van der Waals surface area (Å²) in [4.78, 5) is 23.8. The van der Waals surface area contributed by atoms with Crippen molar-refractivity contribution in [3.63, 3.8) is 0 Å². The average Bonchev–Trinajstić information content (AvgIpc) is 2.77. The van der Waals surface area contributed by atoms with E-state index < -0.39 is 24.3 Å². The summed E-state index contributed by atoms with van der Waals surface area (Å²) in [6.07, 6.45) is -1.48. The minimum atomic E-state index is -0.726. The topological polar surface area (TPSA) is 92.3 Å². The van der Waals surface area contributed by atoms with Gasteiger partial charge < -0.3 is 29.0 Å². The van der Waals surface area contributed by atoms with Gasteiger partial charge in [0, 0.05) is 12.0 Å². The second kappa shape index (κ2) is 9.87. The van der Waals surface area contributed by atoms with Gasteiger partial charge >= 0.3 is 12.1 Å². The maximum atomic E-state index is 12.3. The van der Waals surface area contributed by atoms with Gasteiger partial charge in [-0.15, -0.1) is 0 Å². The van der Waals surface area contributed by atoms with Crippen LogP contribution in [0.2, 0.25) is 0 Å². The third-order valence-corrected chi connectivity index (χ3v) is 4.64. The van der Waals surface area contributed by atoms with E-state index >= 15 is 0 Å². The Labute approximate surface area is 175 Å². The van der Waals surface area contributed by atoms with Crippen LogP contribution in [-0.2, 0) is 20.7 Å². The zero-order chi connectivity index (χ0) is 21.5. The van der Waals surface area contributed by atoms with E-state index in [0.29, 0.717) is 23.7 Å². The molecule has 1 aliphatic heterocycles. The second-order valence-corrected chi connectivity index (χ2v) is 6.60. The van der Waals surface area contributed by atoms with Crippen LogP contribution in [0, 0.1) is 0 Å². The van der Waals surface area contributed by atoms with Crippen LogP contribution < -0.4 is 19.5 Å². The highest BCUT2D eigenvalue weighted by atomic mass is 16.6. The molecule has 0 saturated carbocycles. The number of methoxy groups -OCH3 is 2. The average molecular weight is 415 g/mol. The van der Waals surface area contributed by atoms with E-state index in [-0.39, 0.29) is 13.2 Å². The van der Waals surface area contributed by atoms with Gasteiger partial charge in [-0.2, -0.15) is 0 Å². The molecule has 0 aliphatic carbocycles. The van der Waals surface area contributed by atoms with Crippen LogP contribution in [0.25, 0.3) is 0 Å². The van der Waals surface area contributed by atoms with Gasteiger partial charge in [0.15, 0.2) is 6.10 Å². The van der Waals surface area contributed by atoms with Crippen LogP contribution in [0.3, 0.4) is 0 Å². The predicted octanol–water partition coefficient (Wildman–Crippen LogP) is 3.04. The van der Waals surface area contributed by atoms with Gasteiger partial charge in [0.2, 0.25) is 0 Å². The third kappa shape index (κ3) is 5.14. The number of rotatable bonds is 7. The number of hydrogen-bond donors (Lipinski definition) is 1. The van der Waals surface area contributed by atoms with Crippen molar-refractivity contribution in [3.05, 3.63) is 53.6 Å². The lowest BCUT2D eigenvalue weighted by Crippen LogP contribution is -2.39. The number of benzene rings is 2. The van der Waals surface area contributed by atoms with Crippen LogP contribution in [0.1, 0.15) is 24.2 Å². The molecule has 0 unspecified atom stereocenters. The van der Waals surface area contributed by atoms with Gasteiger partial charge in [-0.25, -0.2) is 4.79 Å². The molecule has 8 nitrogen and oxygen atoms in total. The third-order valence-electron chi connectivity index (χ3n) is 4.64. The van der Waals surface area contributed by atoms with E-state index in [1.807, 2.05) is 42.5 Å². The highest BCUT2D eigenvalue weighted by Gasteiger charge is 2.35. The van der Waals surface area contributed by atoms with Crippen molar-refractivity contribution in [2.75, 3.05) is 27.4 Å². The van der Waals surface area contributed by atoms with Crippen molar-refractivity contribution in [2.24, 2.45) is 0 Å². The first-order valence-electron chi connectivity index (χ1n) is 9.61. The van der Waals surface area contributed by atoms with Crippen LogP contribution in [0.15, 0.2) is 42.5 Å². The fourth-order valence-corrected chi connectivity index (χ4v) is 3.23. The lowest BCUT2D eigenvalue weighted by Gasteiger charge is -2.33. The van der Waals surface area contributed by atoms with Gasteiger partial charge in [0.25, 0.3) is 0 Å². The molecule has 0 radical (unpaired) electrons. The smallest absolute Gasteiger partial charge is 0.408 e. The molecule has 0 spiro atoms. The number of hydrogen-bond acceptors (Lipinski definition) is 7. The molecule has 2 aromatic rings. The minimum Gasteiger partial charge on any atom is -0.497 e. The molecule has 1 amide bonds. The Balaban J connectivity index is 1.81. The van der Waals surface area contributed by atoms with Gasteiger partial charge in [0.1, 0.15) is 29.9 Å². The predicted molar refractivity (Wildman–Crippen MR) is 108 cm³/mol. The summed E-state index contributed by atoms with van der Waals surface area (Å²) in [5.41, 5.74) is 1.66. The fourth-order valence-electron chi connectivity index (χ4n) is 3.23. The number of carbonyl (C=O) groups excluding carboxylic acids is 2. The summed E-state index contributed by atoms with van der Waals surface area (Å²) in [6.45, 7) is 1.66. The first-order valence-corrected chi connectivity index (χ1v) is 9.61. The summed E-state index contributed by atoms with van der Waals surface area (Å²) in [5.74, 6) is 1.51. The van der Waals surface area contributed by atoms with Crippen molar-refractivity contribution < 1.29 is 33.3 Å². The molecule has 3 rings (SSSR count). The standard InChI is InChI=1S/C22H25NO7/c1-4-28-20(24)13-23-22(25)30-19-12-15-11-17(27-3)8-9-18(15)29-21(19)14-6-5-7-16(10-14)26-2/h5-11,19,21H,4,12-13H2,1-3H3,(H,23,25)/t19-,21+/m1/s1. The number of fused-ring (bicyclic) bond motifs is 1. The maximum absolute atomic E-state index is 12.3. The zero-order valence-corrected chi connectivity index (χ0v) is 17.2. The van der Waals surface area contributed by atoms with Gasteiger partial charge in [-0.05, 0) is 42.8 Å². The number of carbonyl (C=O) groups is 2. The molecule has 8 heteroatoms. The van der Waals surface area contributed by atoms with E-state index in [1.54, 1.807) is 21.1 Å². The van der Waals surface area contributed by atoms with E-state index in [0.717, 1.165) is 11.1 Å². The Hall–Kier alpha value is -3.42. The molecule has 0 bridgehead atoms. The quantitative estimate of drug-likeness (QED) is 0.695. The van der Waals surface area contributed by atoms with E-state index in [1.165, 1.54) is 0 Å². The molecular formula is C22H25NO7. The molecular weight excluding hydrogens is 390 g/mol. The first kappa shape index (κ1) is 21.3. The molecule has 0 saturated heterocycles. The molecule has 2 atom stereocenters. The van der Waals surface area contributed by atoms with Crippen LogP contribution >= 0.6 is 0 Å². The Morgan fingerprint density at radius 1 is 1.10 bits per heavy atom. The summed E-state index contributed by atoms with van der Waals surface area (Å²) >= 11 is 0. The number of esters is 1. The maximum Gasteiger partial charge on any atom is 0.408 e. The van der Waals surface area contributed by atoms with Crippen molar-refractivity contribution >= 4 is 12.1 Å². The Morgan fingerprint density at radius 3 is 2.60 bits per heavy atom. The van der Waals surface area contributed by atoms with Gasteiger partial charge in [0.05, 0.1) is 20.8 Å². The lowest BCUT2D eigenvalue weighted by atomic mass is 9.94. The lowest BCUT2D eigenvalue weighted by molar-refractivity contribution is -0.141. The summed E-state index contributed by atoms with van der Waals surface area (Å²) in [6, 6.07) is 12.9. The molecule has 2 aromatic carbocycles. The Bertz CT molecular complexity index is 899. The van der Waals surface area contributed by atoms with Gasteiger partial charge in [-0.1, -0.05) is 12.1 Å². The number of amides is 1. The number of nitrogens with one attached hydrogen (secondary N) is 1. The highest BCUT2D eigenvalue weighted by molar-refractivity contribution is 5.78. The fraction of sp³-hybridized carbons (Fsp3) is 0.364. The largest absolute Gasteiger partial charge is 0.497 e. The molecule has 0 fully saturated rings. The van der Waals surface area contributed by atoms with Crippen molar-refractivity contribution in [2.45, 2.75) is 25.6 Å². The molecule has 30 heavy (non-hydrogen) atoms. The minimum absolute atomic E-state index is 0.239. The first-order chi connectivity index (χ1) is 14.5. The SMILES string of the molecule is CCOC(=O)CNC(=O)O[C@@H]1Cc2cc(OC)ccc2O[C@H]1c1cccc(OC)c1. The normalized spacial score (nSPS) is 17.2. The second-order valence-electron chi connectivity index (χ2n) is 6.60. The highest BCUT2D eigenvalue weighted by Crippen LogP contribution is 2.39. The van der Waals surface area contributed by atoms with Crippen molar-refractivity contribution in [3.8, 4) is 17.2 Å². The van der Waals surface area contributed by atoms with Crippen LogP contribution in [0.5, 0.6) is 17.2 Å². The summed E-state index contributed by atoms with van der Waals surface area (Å²) < 4.78 is 27.2. The monoisotopic (exact) mass is 415 g/mol. The summed E-state index contributed by atoms with van der Waals surface area (Å²) in [5, 5.41) is 2.41. The van der Waals surface area contributed by atoms with Gasteiger partial charge in [-0.3, -0.25) is 4.79 Å². The molecule has 0 aromatic heterocycles. The zero-order valence-electron chi connectivity index (χ0n) is 17.2. The Kier molecular flexibility index (Phi) is 7.00.